The largest absolute Gasteiger partial charge is 0.454 e. The highest BCUT2D eigenvalue weighted by molar-refractivity contribution is 6.06. The second kappa shape index (κ2) is 8.73. The number of hydrogen-bond acceptors (Lipinski definition) is 6. The SMILES string of the molecule is CC(C)(C)C1CCc2nc3ccccc3c(C(=O)OCC(=O)c3cccc([N+](=O)[O-])c3)c2C1. The van der Waals surface area contributed by atoms with Crippen molar-refractivity contribution in [3.63, 3.8) is 0 Å². The molecule has 0 radical (unpaired) electrons. The van der Waals surface area contributed by atoms with E-state index in [-0.39, 0.29) is 16.7 Å². The van der Waals surface area contributed by atoms with E-state index in [0.29, 0.717) is 16.9 Å². The highest BCUT2D eigenvalue weighted by Crippen LogP contribution is 2.39. The number of rotatable bonds is 5. The predicted molar refractivity (Wildman–Crippen MR) is 124 cm³/mol. The summed E-state index contributed by atoms with van der Waals surface area (Å²) < 4.78 is 5.45. The number of para-hydroxylation sites is 1. The normalized spacial score (nSPS) is 15.7. The lowest BCUT2D eigenvalue weighted by atomic mass is 9.70. The van der Waals surface area contributed by atoms with Gasteiger partial charge in [0.05, 0.1) is 16.0 Å². The second-order valence-corrected chi connectivity index (χ2v) is 9.54. The van der Waals surface area contributed by atoms with Crippen LogP contribution in [0, 0.1) is 21.4 Å². The third-order valence-electron chi connectivity index (χ3n) is 6.40. The van der Waals surface area contributed by atoms with E-state index >= 15 is 0 Å². The summed E-state index contributed by atoms with van der Waals surface area (Å²) in [6.07, 6.45) is 2.51. The van der Waals surface area contributed by atoms with Crippen LogP contribution in [0.1, 0.15) is 59.2 Å². The van der Waals surface area contributed by atoms with Crippen molar-refractivity contribution in [2.75, 3.05) is 6.61 Å². The van der Waals surface area contributed by atoms with E-state index < -0.39 is 23.3 Å². The summed E-state index contributed by atoms with van der Waals surface area (Å²) in [5.74, 6) is -0.670. The molecule has 4 rings (SSSR count). The number of pyridine rings is 1. The Bertz CT molecular complexity index is 1260. The number of non-ortho nitro benzene ring substituents is 1. The topological polar surface area (TPSA) is 99.4 Å². The zero-order valence-corrected chi connectivity index (χ0v) is 19.0. The maximum Gasteiger partial charge on any atom is 0.339 e. The van der Waals surface area contributed by atoms with E-state index in [4.69, 9.17) is 9.72 Å². The Morgan fingerprint density at radius 2 is 1.91 bits per heavy atom. The first-order valence-electron chi connectivity index (χ1n) is 11.0. The van der Waals surface area contributed by atoms with E-state index in [1.165, 1.54) is 24.3 Å². The molecule has 170 valence electrons. The molecule has 1 atom stereocenters. The molecule has 0 aliphatic heterocycles. The highest BCUT2D eigenvalue weighted by atomic mass is 16.6. The number of ether oxygens (including phenoxy) is 1. The van der Waals surface area contributed by atoms with Gasteiger partial charge in [0.2, 0.25) is 5.78 Å². The average molecular weight is 447 g/mol. The molecule has 0 saturated carbocycles. The maximum atomic E-state index is 13.3. The van der Waals surface area contributed by atoms with Crippen molar-refractivity contribution in [1.29, 1.82) is 0 Å². The van der Waals surface area contributed by atoms with Crippen LogP contribution < -0.4 is 0 Å². The molecule has 2 aromatic carbocycles. The number of aromatic nitrogens is 1. The summed E-state index contributed by atoms with van der Waals surface area (Å²) in [6, 6.07) is 12.9. The molecular weight excluding hydrogens is 420 g/mol. The standard InChI is InChI=1S/C26H26N2O5/c1-26(2,3)17-11-12-22-20(14-17)24(19-9-4-5-10-21(19)27-22)25(30)33-15-23(29)16-7-6-8-18(13-16)28(31)32/h4-10,13,17H,11-12,14-15H2,1-3H3. The average Bonchev–Trinajstić information content (AvgIpc) is 2.79. The molecule has 0 bridgehead atoms. The van der Waals surface area contributed by atoms with Crippen LogP contribution in [-0.4, -0.2) is 28.3 Å². The van der Waals surface area contributed by atoms with Crippen molar-refractivity contribution in [3.05, 3.63) is 81.0 Å². The van der Waals surface area contributed by atoms with Gasteiger partial charge >= 0.3 is 5.97 Å². The summed E-state index contributed by atoms with van der Waals surface area (Å²) in [6.45, 7) is 6.11. The maximum absolute atomic E-state index is 13.3. The molecule has 3 aromatic rings. The zero-order chi connectivity index (χ0) is 23.8. The third kappa shape index (κ3) is 4.62. The number of fused-ring (bicyclic) bond motifs is 2. The number of nitro groups is 1. The number of carbonyl (C=O) groups excluding carboxylic acids is 2. The van der Waals surface area contributed by atoms with Gasteiger partial charge in [-0.05, 0) is 42.2 Å². The predicted octanol–water partition coefficient (Wildman–Crippen LogP) is 5.33. The molecular formula is C26H26N2O5. The van der Waals surface area contributed by atoms with Crippen LogP contribution in [0.2, 0.25) is 0 Å². The number of benzene rings is 2. The molecule has 0 N–H and O–H groups in total. The molecule has 0 amide bonds. The smallest absolute Gasteiger partial charge is 0.339 e. The second-order valence-electron chi connectivity index (χ2n) is 9.54. The van der Waals surface area contributed by atoms with Crippen molar-refractivity contribution in [3.8, 4) is 0 Å². The summed E-state index contributed by atoms with van der Waals surface area (Å²) in [7, 11) is 0. The van der Waals surface area contributed by atoms with Gasteiger partial charge in [0.25, 0.3) is 5.69 Å². The van der Waals surface area contributed by atoms with Gasteiger partial charge in [0.15, 0.2) is 6.61 Å². The number of carbonyl (C=O) groups is 2. The fourth-order valence-corrected chi connectivity index (χ4v) is 4.44. The first kappa shape index (κ1) is 22.6. The van der Waals surface area contributed by atoms with E-state index in [1.807, 2.05) is 24.3 Å². The van der Waals surface area contributed by atoms with Crippen molar-refractivity contribution in [2.24, 2.45) is 11.3 Å². The fourth-order valence-electron chi connectivity index (χ4n) is 4.44. The number of ketones is 1. The fraction of sp³-hybridized carbons (Fsp3) is 0.346. The molecule has 0 saturated heterocycles. The number of nitro benzene ring substituents is 1. The molecule has 1 aliphatic rings. The molecule has 1 aliphatic carbocycles. The first-order valence-corrected chi connectivity index (χ1v) is 11.0. The monoisotopic (exact) mass is 446 g/mol. The van der Waals surface area contributed by atoms with Crippen LogP contribution >= 0.6 is 0 Å². The van der Waals surface area contributed by atoms with Gasteiger partial charge in [-0.25, -0.2) is 4.79 Å². The molecule has 1 aromatic heterocycles. The van der Waals surface area contributed by atoms with Gasteiger partial charge in [0, 0.05) is 28.8 Å². The number of Topliss-reactive ketones (excluding diaryl/α,β-unsaturated/α-hetero) is 1. The summed E-state index contributed by atoms with van der Waals surface area (Å²) in [5.41, 5.74) is 3.03. The first-order chi connectivity index (χ1) is 15.6. The minimum absolute atomic E-state index is 0.0858. The number of nitrogens with zero attached hydrogens (tertiary/aromatic N) is 2. The van der Waals surface area contributed by atoms with Crippen molar-refractivity contribution in [1.82, 2.24) is 4.98 Å². The van der Waals surface area contributed by atoms with Gasteiger partial charge in [-0.15, -0.1) is 0 Å². The molecule has 0 fully saturated rings. The van der Waals surface area contributed by atoms with Gasteiger partial charge in [-0.1, -0.05) is 51.1 Å². The van der Waals surface area contributed by atoms with Crippen molar-refractivity contribution < 1.29 is 19.2 Å². The molecule has 7 heteroatoms. The van der Waals surface area contributed by atoms with Crippen LogP contribution in [-0.2, 0) is 17.6 Å². The minimum atomic E-state index is -0.571. The number of esters is 1. The van der Waals surface area contributed by atoms with Crippen LogP contribution in [0.15, 0.2) is 48.5 Å². The van der Waals surface area contributed by atoms with Crippen molar-refractivity contribution >= 4 is 28.3 Å². The Morgan fingerprint density at radius 3 is 2.64 bits per heavy atom. The van der Waals surface area contributed by atoms with Gasteiger partial charge < -0.3 is 4.74 Å². The number of hydrogen-bond donors (Lipinski definition) is 0. The van der Waals surface area contributed by atoms with Crippen LogP contribution in [0.3, 0.4) is 0 Å². The molecule has 33 heavy (non-hydrogen) atoms. The van der Waals surface area contributed by atoms with Crippen molar-refractivity contribution in [2.45, 2.75) is 40.0 Å². The Kier molecular flexibility index (Phi) is 5.97. The minimum Gasteiger partial charge on any atom is -0.454 e. The third-order valence-corrected chi connectivity index (χ3v) is 6.40. The summed E-state index contributed by atoms with van der Waals surface area (Å²) in [4.78, 5) is 41.1. The Hall–Kier alpha value is -3.61. The lowest BCUT2D eigenvalue weighted by Crippen LogP contribution is -2.29. The summed E-state index contributed by atoms with van der Waals surface area (Å²) in [5, 5.41) is 11.7. The molecule has 1 unspecified atom stereocenters. The Balaban J connectivity index is 1.65. The van der Waals surface area contributed by atoms with Gasteiger partial charge in [0.1, 0.15) is 0 Å². The van der Waals surface area contributed by atoms with E-state index in [1.54, 1.807) is 0 Å². The number of aryl methyl sites for hydroxylation is 1. The van der Waals surface area contributed by atoms with Gasteiger partial charge in [-0.3, -0.25) is 19.9 Å². The van der Waals surface area contributed by atoms with E-state index in [9.17, 15) is 19.7 Å². The van der Waals surface area contributed by atoms with Crippen LogP contribution in [0.4, 0.5) is 5.69 Å². The summed E-state index contributed by atoms with van der Waals surface area (Å²) >= 11 is 0. The quantitative estimate of drug-likeness (QED) is 0.227. The Morgan fingerprint density at radius 1 is 1.15 bits per heavy atom. The van der Waals surface area contributed by atoms with Crippen LogP contribution in [0.5, 0.6) is 0 Å². The zero-order valence-electron chi connectivity index (χ0n) is 19.0. The van der Waals surface area contributed by atoms with Gasteiger partial charge in [-0.2, -0.15) is 0 Å². The Labute approximate surface area is 191 Å². The van der Waals surface area contributed by atoms with E-state index in [2.05, 4.69) is 20.8 Å². The van der Waals surface area contributed by atoms with E-state index in [0.717, 1.165) is 36.0 Å². The lowest BCUT2D eigenvalue weighted by molar-refractivity contribution is -0.384. The molecule has 7 nitrogen and oxygen atoms in total. The molecule has 0 spiro atoms. The molecule has 1 heterocycles. The lowest BCUT2D eigenvalue weighted by Gasteiger charge is -2.35. The highest BCUT2D eigenvalue weighted by Gasteiger charge is 2.33. The van der Waals surface area contributed by atoms with Crippen LogP contribution in [0.25, 0.3) is 10.9 Å².